The third-order valence-corrected chi connectivity index (χ3v) is 4.46. The van der Waals surface area contributed by atoms with E-state index in [2.05, 4.69) is 10.5 Å². The number of aromatic nitrogens is 1. The molecule has 1 N–H and O–H groups in total. The monoisotopic (exact) mass is 434 g/mol. The third kappa shape index (κ3) is 5.56. The van der Waals surface area contributed by atoms with E-state index >= 15 is 0 Å². The maximum absolute atomic E-state index is 13.2. The number of carbonyl (C=O) groups is 1. The predicted octanol–water partition coefficient (Wildman–Crippen LogP) is 5.68. The topological polar surface area (TPSA) is 73.6 Å². The number of hydrogen-bond acceptors (Lipinski definition) is 5. The van der Waals surface area contributed by atoms with Gasteiger partial charge < -0.3 is 19.3 Å². The second-order valence-corrected chi connectivity index (χ2v) is 6.74. The van der Waals surface area contributed by atoms with Crippen LogP contribution < -0.4 is 14.8 Å². The van der Waals surface area contributed by atoms with Crippen molar-refractivity contribution in [3.8, 4) is 17.2 Å². The molecule has 0 saturated carbocycles. The zero-order valence-corrected chi connectivity index (χ0v) is 17.2. The molecule has 0 atom stereocenters. The fourth-order valence-electron chi connectivity index (χ4n) is 2.90. The molecular formula is C22H21F3N2O4. The highest BCUT2D eigenvalue weighted by molar-refractivity contribution is 5.94. The van der Waals surface area contributed by atoms with Gasteiger partial charge in [0.25, 0.3) is 0 Å². The maximum atomic E-state index is 13.2. The largest absolute Gasteiger partial charge is 0.494 e. The van der Waals surface area contributed by atoms with Crippen LogP contribution in [0.15, 0.2) is 47.0 Å². The zero-order chi connectivity index (χ0) is 22.6. The first kappa shape index (κ1) is 22.2. The lowest BCUT2D eigenvalue weighted by Gasteiger charge is -2.15. The van der Waals surface area contributed by atoms with Crippen LogP contribution in [0.25, 0.3) is 0 Å². The molecule has 3 aromatic rings. The fraction of sp³-hybridized carbons (Fsp3) is 0.273. The summed E-state index contributed by atoms with van der Waals surface area (Å²) < 4.78 is 55.7. The molecule has 1 aromatic heterocycles. The van der Waals surface area contributed by atoms with Gasteiger partial charge in [0, 0.05) is 5.56 Å². The number of halogens is 3. The normalized spacial score (nSPS) is 11.3. The Hall–Kier alpha value is -3.49. The first-order valence-electron chi connectivity index (χ1n) is 9.51. The Bertz CT molecular complexity index is 1040. The number of alkyl halides is 3. The number of rotatable bonds is 7. The van der Waals surface area contributed by atoms with E-state index in [1.54, 1.807) is 38.1 Å². The van der Waals surface area contributed by atoms with Crippen molar-refractivity contribution >= 4 is 11.6 Å². The van der Waals surface area contributed by atoms with Crippen LogP contribution >= 0.6 is 0 Å². The minimum atomic E-state index is -4.57. The van der Waals surface area contributed by atoms with Crippen molar-refractivity contribution < 1.29 is 32.0 Å². The molecule has 1 heterocycles. The van der Waals surface area contributed by atoms with Gasteiger partial charge in [-0.2, -0.15) is 13.2 Å². The van der Waals surface area contributed by atoms with Crippen LogP contribution in [0.3, 0.4) is 0 Å². The summed E-state index contributed by atoms with van der Waals surface area (Å²) in [6.45, 7) is 5.70. The number of benzene rings is 2. The molecule has 0 saturated heterocycles. The van der Waals surface area contributed by atoms with Crippen LogP contribution in [-0.4, -0.2) is 17.7 Å². The van der Waals surface area contributed by atoms with Gasteiger partial charge in [-0.05, 0) is 63.2 Å². The SMILES string of the molecule is CCOc1ccc(Oc2ccc(C(F)(F)F)cc2NC(=O)Cc2c(C)noc2C)cc1. The molecule has 2 aromatic carbocycles. The lowest BCUT2D eigenvalue weighted by atomic mass is 10.1. The van der Waals surface area contributed by atoms with Gasteiger partial charge in [0.2, 0.25) is 5.91 Å². The van der Waals surface area contributed by atoms with E-state index in [4.69, 9.17) is 14.0 Å². The van der Waals surface area contributed by atoms with Gasteiger partial charge in [0.05, 0.1) is 30.0 Å². The van der Waals surface area contributed by atoms with E-state index in [-0.39, 0.29) is 17.9 Å². The molecule has 1 amide bonds. The third-order valence-electron chi connectivity index (χ3n) is 4.46. The van der Waals surface area contributed by atoms with Gasteiger partial charge in [0.15, 0.2) is 5.75 Å². The Morgan fingerprint density at radius 3 is 2.35 bits per heavy atom. The van der Waals surface area contributed by atoms with Gasteiger partial charge in [-0.1, -0.05) is 5.16 Å². The van der Waals surface area contributed by atoms with Crippen LogP contribution in [0, 0.1) is 13.8 Å². The van der Waals surface area contributed by atoms with Crippen molar-refractivity contribution in [1.29, 1.82) is 0 Å². The predicted molar refractivity (Wildman–Crippen MR) is 107 cm³/mol. The fourth-order valence-corrected chi connectivity index (χ4v) is 2.90. The minimum Gasteiger partial charge on any atom is -0.494 e. The summed E-state index contributed by atoms with van der Waals surface area (Å²) in [5.41, 5.74) is 0.126. The summed E-state index contributed by atoms with van der Waals surface area (Å²) in [6.07, 6.45) is -4.67. The number of nitrogens with one attached hydrogen (secondary N) is 1. The van der Waals surface area contributed by atoms with Gasteiger partial charge in [-0.3, -0.25) is 4.79 Å². The molecule has 31 heavy (non-hydrogen) atoms. The molecule has 0 aliphatic heterocycles. The molecule has 0 unspecified atom stereocenters. The molecule has 9 heteroatoms. The lowest BCUT2D eigenvalue weighted by Crippen LogP contribution is -2.16. The number of aryl methyl sites for hydroxylation is 2. The van der Waals surface area contributed by atoms with Gasteiger partial charge in [-0.25, -0.2) is 0 Å². The number of hydrogen-bond donors (Lipinski definition) is 1. The van der Waals surface area contributed by atoms with Gasteiger partial charge >= 0.3 is 6.18 Å². The van der Waals surface area contributed by atoms with Gasteiger partial charge in [0.1, 0.15) is 17.3 Å². The Kier molecular flexibility index (Phi) is 6.53. The first-order valence-corrected chi connectivity index (χ1v) is 9.51. The van der Waals surface area contributed by atoms with Crippen molar-refractivity contribution in [2.75, 3.05) is 11.9 Å². The van der Waals surface area contributed by atoms with E-state index < -0.39 is 17.6 Å². The van der Waals surface area contributed by atoms with E-state index in [0.29, 0.717) is 35.1 Å². The van der Waals surface area contributed by atoms with Crippen molar-refractivity contribution in [3.05, 3.63) is 65.0 Å². The molecule has 0 spiro atoms. The van der Waals surface area contributed by atoms with E-state index in [9.17, 15) is 18.0 Å². The van der Waals surface area contributed by atoms with Crippen molar-refractivity contribution in [3.63, 3.8) is 0 Å². The van der Waals surface area contributed by atoms with E-state index in [1.165, 1.54) is 6.07 Å². The number of nitrogens with zero attached hydrogens (tertiary/aromatic N) is 1. The van der Waals surface area contributed by atoms with Crippen LogP contribution in [0.5, 0.6) is 17.2 Å². The van der Waals surface area contributed by atoms with Crippen LogP contribution in [0.1, 0.15) is 29.5 Å². The molecule has 0 aliphatic carbocycles. The van der Waals surface area contributed by atoms with Gasteiger partial charge in [-0.15, -0.1) is 0 Å². The Balaban J connectivity index is 1.86. The molecule has 0 aliphatic rings. The molecule has 0 radical (unpaired) electrons. The van der Waals surface area contributed by atoms with Crippen molar-refractivity contribution in [2.24, 2.45) is 0 Å². The minimum absolute atomic E-state index is 0.0734. The van der Waals surface area contributed by atoms with E-state index in [1.807, 2.05) is 6.92 Å². The summed E-state index contributed by atoms with van der Waals surface area (Å²) in [5.74, 6) is 1.04. The summed E-state index contributed by atoms with van der Waals surface area (Å²) in [4.78, 5) is 12.5. The molecule has 0 fully saturated rings. The number of carbonyl (C=O) groups excluding carboxylic acids is 1. The highest BCUT2D eigenvalue weighted by atomic mass is 19.4. The molecule has 6 nitrogen and oxygen atoms in total. The summed E-state index contributed by atoms with van der Waals surface area (Å²) in [6, 6.07) is 9.52. The molecular weight excluding hydrogens is 413 g/mol. The Morgan fingerprint density at radius 2 is 1.77 bits per heavy atom. The quantitative estimate of drug-likeness (QED) is 0.518. The maximum Gasteiger partial charge on any atom is 0.416 e. The summed E-state index contributed by atoms with van der Waals surface area (Å²) >= 11 is 0. The first-order chi connectivity index (χ1) is 14.7. The number of amides is 1. The second kappa shape index (κ2) is 9.11. The highest BCUT2D eigenvalue weighted by Gasteiger charge is 2.31. The smallest absolute Gasteiger partial charge is 0.416 e. The molecule has 3 rings (SSSR count). The average Bonchev–Trinajstić information content (AvgIpc) is 3.02. The Labute approximate surface area is 177 Å². The molecule has 0 bridgehead atoms. The van der Waals surface area contributed by atoms with Crippen molar-refractivity contribution in [2.45, 2.75) is 33.4 Å². The lowest BCUT2D eigenvalue weighted by molar-refractivity contribution is -0.137. The van der Waals surface area contributed by atoms with Crippen LogP contribution in [0.2, 0.25) is 0 Å². The zero-order valence-electron chi connectivity index (χ0n) is 17.2. The molecule has 164 valence electrons. The summed E-state index contributed by atoms with van der Waals surface area (Å²) in [7, 11) is 0. The standard InChI is InChI=1S/C22H21F3N2O4/c1-4-29-16-6-8-17(9-7-16)30-20-10-5-15(22(23,24)25)11-19(20)26-21(28)12-18-13(2)27-31-14(18)3/h5-11H,4,12H2,1-3H3,(H,26,28). The second-order valence-electron chi connectivity index (χ2n) is 6.74. The Morgan fingerprint density at radius 1 is 1.10 bits per heavy atom. The summed E-state index contributed by atoms with van der Waals surface area (Å²) in [5, 5.41) is 6.29. The van der Waals surface area contributed by atoms with Crippen molar-refractivity contribution in [1.82, 2.24) is 5.16 Å². The number of ether oxygens (including phenoxy) is 2. The highest BCUT2D eigenvalue weighted by Crippen LogP contribution is 2.37. The van der Waals surface area contributed by atoms with E-state index in [0.717, 1.165) is 12.1 Å². The number of anilines is 1. The van der Waals surface area contributed by atoms with Crippen LogP contribution in [-0.2, 0) is 17.4 Å². The van der Waals surface area contributed by atoms with Crippen LogP contribution in [0.4, 0.5) is 18.9 Å². The average molecular weight is 434 g/mol.